The lowest BCUT2D eigenvalue weighted by atomic mass is 9.95. The predicted molar refractivity (Wildman–Crippen MR) is 133 cm³/mol. The summed E-state index contributed by atoms with van der Waals surface area (Å²) in [7, 11) is 0. The zero-order chi connectivity index (χ0) is 25.3. The van der Waals surface area contributed by atoms with Crippen LogP contribution in [0.3, 0.4) is 0 Å². The molecule has 2 heterocycles. The first-order valence-corrected chi connectivity index (χ1v) is 12.0. The average Bonchev–Trinajstić information content (AvgIpc) is 3.30. The van der Waals surface area contributed by atoms with Gasteiger partial charge in [0.2, 0.25) is 0 Å². The van der Waals surface area contributed by atoms with Gasteiger partial charge in [0.1, 0.15) is 11.5 Å². The highest BCUT2D eigenvalue weighted by molar-refractivity contribution is 7.16. The molecule has 2 N–H and O–H groups in total. The molecule has 9 heteroatoms. The molecule has 0 aliphatic carbocycles. The van der Waals surface area contributed by atoms with E-state index in [1.54, 1.807) is 43.3 Å². The van der Waals surface area contributed by atoms with Gasteiger partial charge in [-0.3, -0.25) is 14.5 Å². The van der Waals surface area contributed by atoms with Gasteiger partial charge in [0, 0.05) is 10.4 Å². The Hall–Kier alpha value is -3.85. The smallest absolute Gasteiger partial charge is 0.301 e. The molecular weight excluding hydrogens is 468 g/mol. The van der Waals surface area contributed by atoms with Crippen LogP contribution in [0.4, 0.5) is 5.13 Å². The molecule has 1 unspecified atom stereocenters. The number of aromatic nitrogens is 1. The third-order valence-electron chi connectivity index (χ3n) is 5.71. The number of aliphatic hydroxyl groups excluding tert-OH is 1. The number of Topliss-reactive ketones (excluding diaryl/α,β-unsaturated/α-hetero) is 1. The number of amides is 1. The number of aryl methyl sites for hydroxylation is 2. The van der Waals surface area contributed by atoms with E-state index in [2.05, 4.69) is 4.98 Å². The number of anilines is 1. The minimum Gasteiger partial charge on any atom is -0.507 e. The summed E-state index contributed by atoms with van der Waals surface area (Å²) in [6.45, 7) is 8.17. The number of aliphatic hydroxyl groups is 1. The summed E-state index contributed by atoms with van der Waals surface area (Å²) in [6, 6.07) is 10.3. The van der Waals surface area contributed by atoms with Crippen LogP contribution in [0.15, 0.2) is 48.0 Å². The topological polar surface area (TPSA) is 109 Å². The number of hydrogen-bond acceptors (Lipinski definition) is 8. The van der Waals surface area contributed by atoms with Gasteiger partial charge < -0.3 is 19.7 Å². The maximum absolute atomic E-state index is 13.3. The molecule has 0 spiro atoms. The fourth-order valence-corrected chi connectivity index (χ4v) is 4.84. The Morgan fingerprint density at radius 2 is 1.74 bits per heavy atom. The van der Waals surface area contributed by atoms with Crippen LogP contribution in [-0.2, 0) is 9.59 Å². The third kappa shape index (κ3) is 4.46. The standard InChI is InChI=1S/C26H26N2O6S/c1-5-33-18-10-7-16(8-11-18)23(30)21-22(17-9-12-19(29)20(13-17)34-6-2)28(25(32)24(21)31)26-27-14(3)15(4)35-26/h7-13,22,29-30H,5-6H2,1-4H3/b23-21+. The van der Waals surface area contributed by atoms with E-state index < -0.39 is 17.7 Å². The Balaban J connectivity index is 1.91. The Morgan fingerprint density at radius 1 is 1.06 bits per heavy atom. The minimum atomic E-state index is -0.966. The van der Waals surface area contributed by atoms with Crippen molar-refractivity contribution in [2.24, 2.45) is 0 Å². The lowest BCUT2D eigenvalue weighted by Gasteiger charge is -2.23. The largest absolute Gasteiger partial charge is 0.507 e. The molecule has 2 aromatic carbocycles. The molecule has 1 saturated heterocycles. The number of carbonyl (C=O) groups is 2. The summed E-state index contributed by atoms with van der Waals surface area (Å²) in [5.41, 5.74) is 1.53. The van der Waals surface area contributed by atoms with Crippen LogP contribution in [0.1, 0.15) is 41.6 Å². The third-order valence-corrected chi connectivity index (χ3v) is 6.78. The predicted octanol–water partition coefficient (Wildman–Crippen LogP) is 4.89. The zero-order valence-corrected chi connectivity index (χ0v) is 20.7. The maximum atomic E-state index is 13.3. The fourth-order valence-electron chi connectivity index (χ4n) is 3.91. The van der Waals surface area contributed by atoms with E-state index in [1.807, 2.05) is 20.8 Å². The molecule has 4 rings (SSSR count). The highest BCUT2D eigenvalue weighted by atomic mass is 32.1. The van der Waals surface area contributed by atoms with Crippen molar-refractivity contribution in [3.8, 4) is 17.2 Å². The molecule has 1 atom stereocenters. The summed E-state index contributed by atoms with van der Waals surface area (Å²) >= 11 is 1.29. The van der Waals surface area contributed by atoms with E-state index in [0.717, 1.165) is 10.6 Å². The van der Waals surface area contributed by atoms with Crippen molar-refractivity contribution in [3.05, 3.63) is 69.7 Å². The molecule has 3 aromatic rings. The summed E-state index contributed by atoms with van der Waals surface area (Å²) in [6.07, 6.45) is 0. The summed E-state index contributed by atoms with van der Waals surface area (Å²) < 4.78 is 11.0. The van der Waals surface area contributed by atoms with Gasteiger partial charge in [-0.1, -0.05) is 6.07 Å². The van der Waals surface area contributed by atoms with Crippen LogP contribution in [0.25, 0.3) is 5.76 Å². The normalized spacial score (nSPS) is 17.1. The summed E-state index contributed by atoms with van der Waals surface area (Å²) in [4.78, 5) is 33.3. The quantitative estimate of drug-likeness (QED) is 0.273. The van der Waals surface area contributed by atoms with Crippen LogP contribution >= 0.6 is 11.3 Å². The lowest BCUT2D eigenvalue weighted by molar-refractivity contribution is -0.132. The first-order chi connectivity index (χ1) is 16.8. The first-order valence-electron chi connectivity index (χ1n) is 11.2. The van der Waals surface area contributed by atoms with E-state index in [9.17, 15) is 19.8 Å². The lowest BCUT2D eigenvalue weighted by Crippen LogP contribution is -2.29. The molecule has 0 radical (unpaired) electrons. The molecule has 1 aliphatic rings. The van der Waals surface area contributed by atoms with Crippen molar-refractivity contribution in [1.29, 1.82) is 0 Å². The molecule has 8 nitrogen and oxygen atoms in total. The van der Waals surface area contributed by atoms with Crippen molar-refractivity contribution >= 4 is 33.9 Å². The second-order valence-corrected chi connectivity index (χ2v) is 9.11. The second kappa shape index (κ2) is 9.79. The van der Waals surface area contributed by atoms with Crippen LogP contribution in [0.5, 0.6) is 17.2 Å². The molecule has 1 aliphatic heterocycles. The summed E-state index contributed by atoms with van der Waals surface area (Å²) in [5.74, 6) is -1.16. The van der Waals surface area contributed by atoms with E-state index >= 15 is 0 Å². The highest BCUT2D eigenvalue weighted by Crippen LogP contribution is 2.45. The number of phenols is 1. The van der Waals surface area contributed by atoms with Gasteiger partial charge in [0.25, 0.3) is 5.78 Å². The van der Waals surface area contributed by atoms with Crippen LogP contribution < -0.4 is 14.4 Å². The average molecular weight is 495 g/mol. The first kappa shape index (κ1) is 24.3. The number of ether oxygens (including phenoxy) is 2. The number of aromatic hydroxyl groups is 1. The van der Waals surface area contributed by atoms with E-state index in [-0.39, 0.29) is 22.8 Å². The monoisotopic (exact) mass is 494 g/mol. The van der Waals surface area contributed by atoms with Crippen molar-refractivity contribution in [1.82, 2.24) is 4.98 Å². The SMILES string of the molecule is CCOc1ccc(/C(O)=C2\C(=O)C(=O)N(c3nc(C)c(C)s3)C2c2ccc(O)c(OCC)c2)cc1. The van der Waals surface area contributed by atoms with Crippen molar-refractivity contribution in [2.45, 2.75) is 33.7 Å². The van der Waals surface area contributed by atoms with Crippen LogP contribution in [0, 0.1) is 13.8 Å². The number of carbonyl (C=O) groups excluding carboxylic acids is 2. The zero-order valence-electron chi connectivity index (χ0n) is 19.9. The second-order valence-electron chi connectivity index (χ2n) is 7.92. The Morgan fingerprint density at radius 3 is 2.34 bits per heavy atom. The minimum absolute atomic E-state index is 0.0694. The Labute approximate surface area is 207 Å². The van der Waals surface area contributed by atoms with Gasteiger partial charge in [-0.25, -0.2) is 4.98 Å². The van der Waals surface area contributed by atoms with Gasteiger partial charge in [-0.2, -0.15) is 0 Å². The van der Waals surface area contributed by atoms with Crippen molar-refractivity contribution in [2.75, 3.05) is 18.1 Å². The Kier molecular flexibility index (Phi) is 6.79. The van der Waals surface area contributed by atoms with Gasteiger partial charge in [0.05, 0.1) is 30.5 Å². The number of nitrogens with zero attached hydrogens (tertiary/aromatic N) is 2. The number of phenolic OH excluding ortho intramolecular Hbond substituents is 1. The molecular formula is C26H26N2O6S. The maximum Gasteiger partial charge on any atom is 0.301 e. The Bertz CT molecular complexity index is 1290. The molecule has 182 valence electrons. The number of ketones is 1. The molecule has 1 amide bonds. The molecule has 1 fully saturated rings. The molecule has 0 saturated carbocycles. The number of thiazole rings is 1. The number of rotatable bonds is 7. The van der Waals surface area contributed by atoms with E-state index in [4.69, 9.17) is 9.47 Å². The van der Waals surface area contributed by atoms with Gasteiger partial charge in [0.15, 0.2) is 16.6 Å². The molecule has 35 heavy (non-hydrogen) atoms. The number of hydrogen-bond donors (Lipinski definition) is 2. The molecule has 0 bridgehead atoms. The van der Waals surface area contributed by atoms with Gasteiger partial charge >= 0.3 is 5.91 Å². The van der Waals surface area contributed by atoms with Crippen LogP contribution in [0.2, 0.25) is 0 Å². The fraction of sp³-hybridized carbons (Fsp3) is 0.269. The van der Waals surface area contributed by atoms with Crippen molar-refractivity contribution in [3.63, 3.8) is 0 Å². The van der Waals surface area contributed by atoms with Gasteiger partial charge in [-0.05, 0) is 69.7 Å². The highest BCUT2D eigenvalue weighted by Gasteiger charge is 2.48. The van der Waals surface area contributed by atoms with Gasteiger partial charge in [-0.15, -0.1) is 11.3 Å². The summed E-state index contributed by atoms with van der Waals surface area (Å²) in [5, 5.41) is 21.8. The van der Waals surface area contributed by atoms with Crippen molar-refractivity contribution < 1.29 is 29.3 Å². The van der Waals surface area contributed by atoms with E-state index in [0.29, 0.717) is 35.2 Å². The van der Waals surface area contributed by atoms with E-state index in [1.165, 1.54) is 22.3 Å². The van der Waals surface area contributed by atoms with Crippen LogP contribution in [-0.4, -0.2) is 40.1 Å². The molecule has 1 aromatic heterocycles. The number of benzene rings is 2.